The molecule has 10 heteroatoms. The molecule has 160 valence electrons. The number of nitrogens with zero attached hydrogens (tertiary/aromatic N) is 1. The SMILES string of the molecule is COCCNc1ccc(C(=O)OCC(=O)c2[nH]c(C)c(C(C)=O)c2C)cc1[N+](=O)[O-]. The molecule has 1 aromatic heterocycles. The fourth-order valence-electron chi connectivity index (χ4n) is 3.09. The summed E-state index contributed by atoms with van der Waals surface area (Å²) in [5.41, 5.74) is 1.54. The molecule has 1 heterocycles. The van der Waals surface area contributed by atoms with Gasteiger partial charge in [0.1, 0.15) is 5.69 Å². The number of carbonyl (C=O) groups is 3. The van der Waals surface area contributed by atoms with E-state index in [1.165, 1.54) is 26.2 Å². The number of hydrogen-bond acceptors (Lipinski definition) is 8. The summed E-state index contributed by atoms with van der Waals surface area (Å²) in [5, 5.41) is 14.2. The number of Topliss-reactive ketones (excluding diaryl/α,β-unsaturated/α-hetero) is 2. The van der Waals surface area contributed by atoms with Crippen LogP contribution >= 0.6 is 0 Å². The van der Waals surface area contributed by atoms with Gasteiger partial charge < -0.3 is 19.8 Å². The van der Waals surface area contributed by atoms with E-state index in [0.29, 0.717) is 30.0 Å². The van der Waals surface area contributed by atoms with Crippen LogP contribution in [-0.2, 0) is 9.47 Å². The number of aryl methyl sites for hydroxylation is 1. The predicted octanol–water partition coefficient (Wildman–Crippen LogP) is 2.84. The second-order valence-electron chi connectivity index (χ2n) is 6.59. The van der Waals surface area contributed by atoms with E-state index in [1.54, 1.807) is 13.8 Å². The van der Waals surface area contributed by atoms with Crippen LogP contribution in [0.2, 0.25) is 0 Å². The van der Waals surface area contributed by atoms with E-state index in [1.807, 2.05) is 0 Å². The number of H-pyrrole nitrogens is 1. The van der Waals surface area contributed by atoms with Gasteiger partial charge in [0, 0.05) is 31.0 Å². The van der Waals surface area contributed by atoms with Crippen molar-refractivity contribution in [2.24, 2.45) is 0 Å². The Morgan fingerprint density at radius 3 is 2.50 bits per heavy atom. The molecule has 2 aromatic rings. The highest BCUT2D eigenvalue weighted by Crippen LogP contribution is 2.26. The van der Waals surface area contributed by atoms with Gasteiger partial charge in [0.15, 0.2) is 12.4 Å². The lowest BCUT2D eigenvalue weighted by molar-refractivity contribution is -0.384. The number of nitro groups is 1. The van der Waals surface area contributed by atoms with Crippen LogP contribution in [0.1, 0.15) is 49.4 Å². The molecule has 2 N–H and O–H groups in total. The van der Waals surface area contributed by atoms with E-state index in [-0.39, 0.29) is 28.4 Å². The van der Waals surface area contributed by atoms with Crippen LogP contribution in [0, 0.1) is 24.0 Å². The van der Waals surface area contributed by atoms with Crippen molar-refractivity contribution in [3.05, 3.63) is 56.4 Å². The molecule has 0 aliphatic heterocycles. The maximum absolute atomic E-state index is 12.4. The number of ether oxygens (including phenoxy) is 2. The first-order valence-corrected chi connectivity index (χ1v) is 9.09. The Labute approximate surface area is 172 Å². The maximum atomic E-state index is 12.4. The highest BCUT2D eigenvalue weighted by molar-refractivity contribution is 6.04. The quantitative estimate of drug-likeness (QED) is 0.198. The first kappa shape index (κ1) is 22.8. The van der Waals surface area contributed by atoms with Gasteiger partial charge in [-0.1, -0.05) is 0 Å². The number of carbonyl (C=O) groups excluding carboxylic acids is 3. The van der Waals surface area contributed by atoms with Gasteiger partial charge in [-0.2, -0.15) is 0 Å². The Kier molecular flexibility index (Phi) is 7.43. The van der Waals surface area contributed by atoms with Crippen LogP contribution in [0.3, 0.4) is 0 Å². The Balaban J connectivity index is 2.12. The first-order chi connectivity index (χ1) is 14.2. The highest BCUT2D eigenvalue weighted by atomic mass is 16.6. The summed E-state index contributed by atoms with van der Waals surface area (Å²) in [7, 11) is 1.51. The molecular formula is C20H23N3O7. The van der Waals surface area contributed by atoms with Gasteiger partial charge in [-0.05, 0) is 38.5 Å². The van der Waals surface area contributed by atoms with Crippen molar-refractivity contribution < 1.29 is 28.8 Å². The number of anilines is 1. The number of rotatable bonds is 10. The lowest BCUT2D eigenvalue weighted by atomic mass is 10.1. The molecule has 0 aliphatic rings. The summed E-state index contributed by atoms with van der Waals surface area (Å²) in [6.45, 7) is 4.84. The van der Waals surface area contributed by atoms with E-state index < -0.39 is 23.3 Å². The first-order valence-electron chi connectivity index (χ1n) is 9.09. The zero-order valence-electron chi connectivity index (χ0n) is 17.2. The highest BCUT2D eigenvalue weighted by Gasteiger charge is 2.22. The van der Waals surface area contributed by atoms with Crippen LogP contribution in [0.25, 0.3) is 0 Å². The van der Waals surface area contributed by atoms with E-state index in [9.17, 15) is 24.5 Å². The average Bonchev–Trinajstić information content (AvgIpc) is 3.00. The minimum atomic E-state index is -0.873. The fraction of sp³-hybridized carbons (Fsp3) is 0.350. The van der Waals surface area contributed by atoms with Crippen molar-refractivity contribution in [2.75, 3.05) is 32.2 Å². The zero-order valence-corrected chi connectivity index (χ0v) is 17.2. The summed E-state index contributed by atoms with van der Waals surface area (Å²) in [6.07, 6.45) is 0. The number of benzene rings is 1. The molecule has 0 amide bonds. The lowest BCUT2D eigenvalue weighted by Gasteiger charge is -2.08. The summed E-state index contributed by atoms with van der Waals surface area (Å²) >= 11 is 0. The van der Waals surface area contributed by atoms with Gasteiger partial charge in [-0.15, -0.1) is 0 Å². The molecule has 30 heavy (non-hydrogen) atoms. The Morgan fingerprint density at radius 2 is 1.93 bits per heavy atom. The zero-order chi connectivity index (χ0) is 22.4. The third kappa shape index (κ3) is 5.09. The predicted molar refractivity (Wildman–Crippen MR) is 108 cm³/mol. The summed E-state index contributed by atoms with van der Waals surface area (Å²) in [6, 6.07) is 3.84. The van der Waals surface area contributed by atoms with Gasteiger partial charge >= 0.3 is 5.97 Å². The van der Waals surface area contributed by atoms with Crippen molar-refractivity contribution in [1.29, 1.82) is 0 Å². The standard InChI is InChI=1S/C20H23N3O7/c1-11-18(13(3)24)12(2)22-19(11)17(25)10-30-20(26)14-5-6-15(21-7-8-29-4)16(9-14)23(27)28/h5-6,9,21-22H,7-8,10H2,1-4H3. The minimum absolute atomic E-state index is 0.0596. The van der Waals surface area contributed by atoms with Gasteiger partial charge in [0.2, 0.25) is 5.78 Å². The molecule has 0 saturated heterocycles. The number of ketones is 2. The molecule has 10 nitrogen and oxygen atoms in total. The largest absolute Gasteiger partial charge is 0.454 e. The number of nitrogens with one attached hydrogen (secondary N) is 2. The molecule has 0 atom stereocenters. The van der Waals surface area contributed by atoms with Crippen LogP contribution < -0.4 is 5.32 Å². The Hall–Kier alpha value is -3.53. The Bertz CT molecular complexity index is 995. The van der Waals surface area contributed by atoms with Crippen molar-refractivity contribution in [1.82, 2.24) is 4.98 Å². The van der Waals surface area contributed by atoms with Crippen LogP contribution in [-0.4, -0.2) is 54.3 Å². The van der Waals surface area contributed by atoms with Gasteiger partial charge in [-0.25, -0.2) is 4.79 Å². The molecular weight excluding hydrogens is 394 g/mol. The van der Waals surface area contributed by atoms with E-state index in [4.69, 9.17) is 9.47 Å². The lowest BCUT2D eigenvalue weighted by Crippen LogP contribution is -2.16. The molecule has 0 spiro atoms. The number of nitro benzene ring substituents is 1. The number of aromatic nitrogens is 1. The van der Waals surface area contributed by atoms with E-state index >= 15 is 0 Å². The molecule has 0 saturated carbocycles. The maximum Gasteiger partial charge on any atom is 0.338 e. The molecule has 0 fully saturated rings. The molecule has 0 radical (unpaired) electrons. The van der Waals surface area contributed by atoms with Crippen molar-refractivity contribution in [2.45, 2.75) is 20.8 Å². The van der Waals surface area contributed by atoms with Crippen molar-refractivity contribution in [3.63, 3.8) is 0 Å². The van der Waals surface area contributed by atoms with Crippen LogP contribution in [0.4, 0.5) is 11.4 Å². The number of aromatic amines is 1. The van der Waals surface area contributed by atoms with Crippen LogP contribution in [0.15, 0.2) is 18.2 Å². The van der Waals surface area contributed by atoms with E-state index in [0.717, 1.165) is 6.07 Å². The van der Waals surface area contributed by atoms with Gasteiger partial charge in [0.25, 0.3) is 5.69 Å². The summed E-state index contributed by atoms with van der Waals surface area (Å²) < 4.78 is 9.91. The molecule has 1 aromatic carbocycles. The molecule has 0 bridgehead atoms. The van der Waals surface area contributed by atoms with Gasteiger partial charge in [-0.3, -0.25) is 19.7 Å². The average molecular weight is 417 g/mol. The minimum Gasteiger partial charge on any atom is -0.454 e. The smallest absolute Gasteiger partial charge is 0.338 e. The number of hydrogen-bond donors (Lipinski definition) is 2. The second kappa shape index (κ2) is 9.79. The second-order valence-corrected chi connectivity index (χ2v) is 6.59. The number of methoxy groups -OCH3 is 1. The number of esters is 1. The summed E-state index contributed by atoms with van der Waals surface area (Å²) in [4.78, 5) is 49.9. The third-order valence-electron chi connectivity index (χ3n) is 4.45. The summed E-state index contributed by atoms with van der Waals surface area (Å²) in [5.74, 6) is -1.56. The van der Waals surface area contributed by atoms with Crippen molar-refractivity contribution in [3.8, 4) is 0 Å². The third-order valence-corrected chi connectivity index (χ3v) is 4.45. The topological polar surface area (TPSA) is 141 Å². The van der Waals surface area contributed by atoms with Crippen LogP contribution in [0.5, 0.6) is 0 Å². The fourth-order valence-corrected chi connectivity index (χ4v) is 3.09. The molecule has 0 unspecified atom stereocenters. The van der Waals surface area contributed by atoms with E-state index in [2.05, 4.69) is 10.3 Å². The van der Waals surface area contributed by atoms with Gasteiger partial charge in [0.05, 0.1) is 22.8 Å². The monoisotopic (exact) mass is 417 g/mol. The Morgan fingerprint density at radius 1 is 1.23 bits per heavy atom. The molecule has 0 aliphatic carbocycles. The molecule has 2 rings (SSSR count). The normalized spacial score (nSPS) is 10.5. The van der Waals surface area contributed by atoms with Crippen molar-refractivity contribution >= 4 is 28.9 Å².